The van der Waals surface area contributed by atoms with Crippen molar-refractivity contribution < 1.29 is 4.79 Å². The number of carbonyl (C=O) groups is 1. The minimum absolute atomic E-state index is 0.133. The number of nitrogens with two attached hydrogens (primary N) is 1. The zero-order valence-electron chi connectivity index (χ0n) is 18.6. The first-order valence-corrected chi connectivity index (χ1v) is 11.1. The Morgan fingerprint density at radius 3 is 2.47 bits per heavy atom. The third-order valence-corrected chi connectivity index (χ3v) is 6.78. The second-order valence-electron chi connectivity index (χ2n) is 8.77. The molecular weight excluding hydrogens is 396 g/mol. The van der Waals surface area contributed by atoms with Crippen LogP contribution in [0.1, 0.15) is 29.2 Å². The van der Waals surface area contributed by atoms with E-state index < -0.39 is 5.54 Å². The summed E-state index contributed by atoms with van der Waals surface area (Å²) in [6, 6.07) is 25.5. The number of benzene rings is 3. The Kier molecular flexibility index (Phi) is 4.97. The molecule has 0 aliphatic carbocycles. The molecular formula is C27H28N4O. The summed E-state index contributed by atoms with van der Waals surface area (Å²) < 4.78 is 0. The maximum Gasteiger partial charge on any atom is 0.219 e. The molecule has 0 saturated carbocycles. The van der Waals surface area contributed by atoms with Gasteiger partial charge >= 0.3 is 0 Å². The lowest BCUT2D eigenvalue weighted by Crippen LogP contribution is -2.35. The molecule has 0 saturated heterocycles. The molecule has 0 fully saturated rings. The van der Waals surface area contributed by atoms with Gasteiger partial charge in [-0.1, -0.05) is 66.7 Å². The summed E-state index contributed by atoms with van der Waals surface area (Å²) in [6.45, 7) is 3.79. The molecule has 1 amide bonds. The standard InChI is InChI=1S/C27H28N4O/c1-19(32)31-15-14-25-21(17-31)9-7-13-24(25)20-8-6-12-23(16-20)27(18-30(2)26(28)29-27)22-10-4-3-5-11-22/h3-13,16H,14-15,17-18H2,1-2H3,(H2,28,29). The van der Waals surface area contributed by atoms with Gasteiger partial charge in [0.05, 0.1) is 6.54 Å². The fourth-order valence-electron chi connectivity index (χ4n) is 5.03. The maximum absolute atomic E-state index is 11.9. The average Bonchev–Trinajstić information content (AvgIpc) is 3.14. The predicted octanol–water partition coefficient (Wildman–Crippen LogP) is 3.76. The lowest BCUT2D eigenvalue weighted by molar-refractivity contribution is -0.129. The summed E-state index contributed by atoms with van der Waals surface area (Å²) in [5.74, 6) is 0.689. The predicted molar refractivity (Wildman–Crippen MR) is 128 cm³/mol. The first kappa shape index (κ1) is 20.3. The summed E-state index contributed by atoms with van der Waals surface area (Å²) in [7, 11) is 1.99. The van der Waals surface area contributed by atoms with Crippen molar-refractivity contribution in [2.45, 2.75) is 25.4 Å². The van der Waals surface area contributed by atoms with E-state index in [2.05, 4.69) is 66.7 Å². The largest absolute Gasteiger partial charge is 0.370 e. The van der Waals surface area contributed by atoms with E-state index >= 15 is 0 Å². The lowest BCUT2D eigenvalue weighted by Gasteiger charge is -2.30. The summed E-state index contributed by atoms with van der Waals surface area (Å²) in [6.07, 6.45) is 0.868. The topological polar surface area (TPSA) is 61.9 Å². The molecule has 0 bridgehead atoms. The quantitative estimate of drug-likeness (QED) is 0.696. The van der Waals surface area contributed by atoms with Crippen LogP contribution in [0.2, 0.25) is 0 Å². The van der Waals surface area contributed by atoms with Crippen molar-refractivity contribution in [2.75, 3.05) is 20.1 Å². The fraction of sp³-hybridized carbons (Fsp3) is 0.259. The lowest BCUT2D eigenvalue weighted by atomic mass is 9.81. The molecule has 162 valence electrons. The van der Waals surface area contributed by atoms with Crippen molar-refractivity contribution in [2.24, 2.45) is 10.7 Å². The number of guanidine groups is 1. The van der Waals surface area contributed by atoms with E-state index in [9.17, 15) is 4.79 Å². The van der Waals surface area contributed by atoms with E-state index in [4.69, 9.17) is 10.7 Å². The second kappa shape index (κ2) is 7.83. The molecule has 3 aromatic carbocycles. The van der Waals surface area contributed by atoms with E-state index in [1.807, 2.05) is 22.9 Å². The van der Waals surface area contributed by atoms with Gasteiger partial charge in [0.15, 0.2) is 5.96 Å². The Hall–Kier alpha value is -3.60. The minimum Gasteiger partial charge on any atom is -0.370 e. The van der Waals surface area contributed by atoms with Crippen molar-refractivity contribution in [1.82, 2.24) is 9.80 Å². The number of hydrogen-bond acceptors (Lipinski definition) is 4. The van der Waals surface area contributed by atoms with Gasteiger partial charge in [-0.05, 0) is 45.9 Å². The summed E-state index contributed by atoms with van der Waals surface area (Å²) in [5.41, 5.74) is 13.0. The van der Waals surface area contributed by atoms with Crippen LogP contribution >= 0.6 is 0 Å². The van der Waals surface area contributed by atoms with Crippen molar-refractivity contribution >= 4 is 11.9 Å². The number of fused-ring (bicyclic) bond motifs is 1. The molecule has 0 spiro atoms. The van der Waals surface area contributed by atoms with Gasteiger partial charge in [0, 0.05) is 27.1 Å². The molecule has 1 atom stereocenters. The molecule has 2 N–H and O–H groups in total. The fourth-order valence-corrected chi connectivity index (χ4v) is 5.03. The Morgan fingerprint density at radius 1 is 1.00 bits per heavy atom. The summed E-state index contributed by atoms with van der Waals surface area (Å²) >= 11 is 0. The van der Waals surface area contributed by atoms with Gasteiger partial charge in [0.1, 0.15) is 5.54 Å². The molecule has 32 heavy (non-hydrogen) atoms. The third-order valence-electron chi connectivity index (χ3n) is 6.78. The molecule has 1 unspecified atom stereocenters. The SMILES string of the molecule is CC(=O)N1CCc2c(cccc2-c2cccc(C3(c4ccccc4)CN(C)C(N)=N3)c2)C1. The Labute approximate surface area is 189 Å². The van der Waals surface area contributed by atoms with Gasteiger partial charge in [-0.2, -0.15) is 0 Å². The average molecular weight is 425 g/mol. The van der Waals surface area contributed by atoms with Gasteiger partial charge < -0.3 is 15.5 Å². The van der Waals surface area contributed by atoms with E-state index in [-0.39, 0.29) is 5.91 Å². The van der Waals surface area contributed by atoms with Gasteiger partial charge in [-0.3, -0.25) is 4.79 Å². The number of hydrogen-bond donors (Lipinski definition) is 1. The van der Waals surface area contributed by atoms with Crippen molar-refractivity contribution in [3.63, 3.8) is 0 Å². The van der Waals surface area contributed by atoms with E-state index in [1.165, 1.54) is 22.3 Å². The Balaban J connectivity index is 1.61. The highest BCUT2D eigenvalue weighted by atomic mass is 16.2. The van der Waals surface area contributed by atoms with Crippen molar-refractivity contribution in [3.05, 3.63) is 95.1 Å². The molecule has 5 heteroatoms. The van der Waals surface area contributed by atoms with E-state index in [0.717, 1.165) is 24.1 Å². The molecule has 2 heterocycles. The zero-order valence-corrected chi connectivity index (χ0v) is 18.6. The molecule has 2 aliphatic rings. The molecule has 2 aliphatic heterocycles. The number of nitrogens with zero attached hydrogens (tertiary/aromatic N) is 3. The van der Waals surface area contributed by atoms with Crippen LogP contribution in [0.5, 0.6) is 0 Å². The number of likely N-dealkylation sites (N-methyl/N-ethyl adjacent to an activating group) is 1. The second-order valence-corrected chi connectivity index (χ2v) is 8.77. The van der Waals surface area contributed by atoms with Crippen LogP contribution in [0, 0.1) is 0 Å². The van der Waals surface area contributed by atoms with E-state index in [0.29, 0.717) is 19.0 Å². The summed E-state index contributed by atoms with van der Waals surface area (Å²) in [5, 5.41) is 0. The smallest absolute Gasteiger partial charge is 0.219 e. The van der Waals surface area contributed by atoms with Crippen LogP contribution in [0.4, 0.5) is 0 Å². The van der Waals surface area contributed by atoms with Gasteiger partial charge in [-0.15, -0.1) is 0 Å². The van der Waals surface area contributed by atoms with Crippen LogP contribution in [0.25, 0.3) is 11.1 Å². The molecule has 0 radical (unpaired) electrons. The monoisotopic (exact) mass is 424 g/mol. The number of aliphatic imine (C=N–C) groups is 1. The Morgan fingerprint density at radius 2 is 1.75 bits per heavy atom. The van der Waals surface area contributed by atoms with Crippen molar-refractivity contribution in [1.29, 1.82) is 0 Å². The molecule has 3 aromatic rings. The minimum atomic E-state index is -0.531. The van der Waals surface area contributed by atoms with Crippen LogP contribution in [-0.2, 0) is 23.3 Å². The Bertz CT molecular complexity index is 1200. The highest BCUT2D eigenvalue weighted by molar-refractivity contribution is 5.82. The van der Waals surface area contributed by atoms with Gasteiger partial charge in [-0.25, -0.2) is 4.99 Å². The van der Waals surface area contributed by atoms with E-state index in [1.54, 1.807) is 6.92 Å². The third kappa shape index (κ3) is 3.34. The molecule has 5 nitrogen and oxygen atoms in total. The van der Waals surface area contributed by atoms with Crippen LogP contribution < -0.4 is 5.73 Å². The number of amides is 1. The van der Waals surface area contributed by atoms with Crippen LogP contribution in [0.15, 0.2) is 77.8 Å². The molecule has 5 rings (SSSR count). The normalized spacial score (nSPS) is 20.1. The number of carbonyl (C=O) groups excluding carboxylic acids is 1. The highest BCUT2D eigenvalue weighted by Crippen LogP contribution is 2.40. The maximum atomic E-state index is 11.9. The summed E-state index contributed by atoms with van der Waals surface area (Å²) in [4.78, 5) is 20.8. The van der Waals surface area contributed by atoms with Gasteiger partial charge in [0.2, 0.25) is 5.91 Å². The zero-order chi connectivity index (χ0) is 22.3. The van der Waals surface area contributed by atoms with Gasteiger partial charge in [0.25, 0.3) is 0 Å². The van der Waals surface area contributed by atoms with Crippen LogP contribution in [-0.4, -0.2) is 41.8 Å². The molecule has 0 aromatic heterocycles. The van der Waals surface area contributed by atoms with Crippen LogP contribution in [0.3, 0.4) is 0 Å². The number of rotatable bonds is 3. The first-order chi connectivity index (χ1) is 15.5. The van der Waals surface area contributed by atoms with Crippen molar-refractivity contribution in [3.8, 4) is 11.1 Å². The highest BCUT2D eigenvalue weighted by Gasteiger charge is 2.40. The first-order valence-electron chi connectivity index (χ1n) is 11.1.